The van der Waals surface area contributed by atoms with E-state index in [1.807, 2.05) is 13.8 Å². The first-order chi connectivity index (χ1) is 3.80. The molecule has 9 heavy (non-hydrogen) atoms. The molecule has 1 aromatic heterocycles. The van der Waals surface area contributed by atoms with Crippen LogP contribution in [0.4, 0.5) is 0 Å². The Hall–Kier alpha value is 1.02. The van der Waals surface area contributed by atoms with Crippen LogP contribution in [0.15, 0.2) is 10.8 Å². The van der Waals surface area contributed by atoms with Crippen molar-refractivity contribution in [3.05, 3.63) is 18.4 Å². The van der Waals surface area contributed by atoms with Gasteiger partial charge in [-0.05, 0) is 5.92 Å². The number of nitrogens with zero attached hydrogens (tertiary/aromatic N) is 1. The number of hydrogen-bond acceptors (Lipinski definition) is 2. The fraction of sp³-hybridized carbons (Fsp3) is 0.500. The van der Waals surface area contributed by atoms with Crippen LogP contribution in [-0.4, -0.2) is 4.98 Å². The zero-order valence-corrected chi connectivity index (χ0v) is 10.9. The summed E-state index contributed by atoms with van der Waals surface area (Å²) in [6.07, 6.45) is 4.12. The van der Waals surface area contributed by atoms with Crippen LogP contribution in [0.25, 0.3) is 0 Å². The van der Waals surface area contributed by atoms with Crippen LogP contribution in [0.5, 0.6) is 0 Å². The van der Waals surface area contributed by atoms with Gasteiger partial charge in [0.25, 0.3) is 0 Å². The molecule has 0 saturated heterocycles. The van der Waals surface area contributed by atoms with Crippen LogP contribution < -0.4 is 58.2 Å². The SMILES string of the molecule is CC(C)c1[c-]nco1.[Rb+]. The summed E-state index contributed by atoms with van der Waals surface area (Å²) in [4.78, 5) is 3.65. The maximum Gasteiger partial charge on any atom is 1.00 e. The molecule has 0 aromatic carbocycles. The Kier molecular flexibility index (Phi) is 5.31. The van der Waals surface area contributed by atoms with Crippen molar-refractivity contribution >= 4 is 0 Å². The third kappa shape index (κ3) is 3.07. The average Bonchev–Trinajstić information content (AvgIpc) is 2.12. The zero-order chi connectivity index (χ0) is 5.98. The maximum absolute atomic E-state index is 4.93. The molecule has 1 heterocycles. The van der Waals surface area contributed by atoms with Gasteiger partial charge in [-0.1, -0.05) is 13.8 Å². The van der Waals surface area contributed by atoms with Crippen molar-refractivity contribution in [3.63, 3.8) is 0 Å². The molecule has 44 valence electrons. The Balaban J connectivity index is 0.000000640. The Morgan fingerprint density at radius 3 is 2.56 bits per heavy atom. The third-order valence-electron chi connectivity index (χ3n) is 0.931. The van der Waals surface area contributed by atoms with Gasteiger partial charge in [-0.15, -0.1) is 6.20 Å². The molecule has 1 rings (SSSR count). The summed E-state index contributed by atoms with van der Waals surface area (Å²) in [6, 6.07) is 0. The predicted molar refractivity (Wildman–Crippen MR) is 29.4 cm³/mol. The Bertz CT molecular complexity index is 148. The summed E-state index contributed by atoms with van der Waals surface area (Å²) in [7, 11) is 0. The molecule has 0 amide bonds. The Morgan fingerprint density at radius 2 is 2.33 bits per heavy atom. The van der Waals surface area contributed by atoms with Crippen LogP contribution in [0.2, 0.25) is 0 Å². The number of rotatable bonds is 1. The summed E-state index contributed by atoms with van der Waals surface area (Å²) < 4.78 is 4.93. The van der Waals surface area contributed by atoms with Gasteiger partial charge in [-0.25, -0.2) is 0 Å². The van der Waals surface area contributed by atoms with Crippen LogP contribution in [0, 0.1) is 6.20 Å². The van der Waals surface area contributed by atoms with Crippen molar-refractivity contribution in [2.45, 2.75) is 19.8 Å². The normalized spacial score (nSPS) is 9.22. The van der Waals surface area contributed by atoms with E-state index in [0.29, 0.717) is 5.92 Å². The maximum atomic E-state index is 4.93. The Labute approximate surface area is 104 Å². The number of hydrogen-bond donors (Lipinski definition) is 0. The monoisotopic (exact) mass is 195 g/mol. The molecule has 3 heteroatoms. The van der Waals surface area contributed by atoms with Crippen LogP contribution in [0.3, 0.4) is 0 Å². The van der Waals surface area contributed by atoms with E-state index in [1.54, 1.807) is 0 Å². The fourth-order valence-electron chi connectivity index (χ4n) is 0.465. The van der Waals surface area contributed by atoms with Gasteiger partial charge in [-0.3, -0.25) is 0 Å². The summed E-state index contributed by atoms with van der Waals surface area (Å²) in [5.41, 5.74) is 0. The van der Waals surface area contributed by atoms with Gasteiger partial charge < -0.3 is 9.40 Å². The molecule has 0 spiro atoms. The molecule has 0 aliphatic heterocycles. The average molecular weight is 196 g/mol. The summed E-state index contributed by atoms with van der Waals surface area (Å²) in [5, 5.41) is 0. The van der Waals surface area contributed by atoms with Crippen LogP contribution >= 0.6 is 0 Å². The van der Waals surface area contributed by atoms with E-state index in [9.17, 15) is 0 Å². The molecular formula is C6H8NORb. The van der Waals surface area contributed by atoms with Crippen molar-refractivity contribution in [3.8, 4) is 0 Å². The van der Waals surface area contributed by atoms with Crippen LogP contribution in [0.1, 0.15) is 25.5 Å². The standard InChI is InChI=1S/C6H8NO.Rb/c1-5(2)6-3-7-4-8-6;/h4-5H,1-2H3;/q-1;+1. The van der Waals surface area contributed by atoms with Crippen LogP contribution in [-0.2, 0) is 0 Å². The van der Waals surface area contributed by atoms with Gasteiger partial charge in [0.2, 0.25) is 0 Å². The molecule has 1 aromatic rings. The van der Waals surface area contributed by atoms with E-state index in [-0.39, 0.29) is 58.2 Å². The largest absolute Gasteiger partial charge is 1.00 e. The molecule has 0 radical (unpaired) electrons. The minimum absolute atomic E-state index is 0. The van der Waals surface area contributed by atoms with Crippen molar-refractivity contribution in [2.24, 2.45) is 0 Å². The van der Waals surface area contributed by atoms with E-state index < -0.39 is 0 Å². The predicted octanol–water partition coefficient (Wildman–Crippen LogP) is -1.40. The van der Waals surface area contributed by atoms with Crippen molar-refractivity contribution in [1.29, 1.82) is 0 Å². The molecule has 2 nitrogen and oxygen atoms in total. The zero-order valence-electron chi connectivity index (χ0n) is 6.01. The number of oxazole rings is 1. The third-order valence-corrected chi connectivity index (χ3v) is 0.931. The first kappa shape index (κ1) is 10.0. The second kappa shape index (κ2) is 4.77. The molecule has 0 fully saturated rings. The Morgan fingerprint density at radius 1 is 1.67 bits per heavy atom. The first-order valence-corrected chi connectivity index (χ1v) is 2.62. The quantitative estimate of drug-likeness (QED) is 0.516. The minimum Gasteiger partial charge on any atom is -0.553 e. The molecule has 0 bridgehead atoms. The second-order valence-electron chi connectivity index (χ2n) is 1.98. The molecule has 0 atom stereocenters. The molecule has 0 aliphatic carbocycles. The molecule has 0 saturated carbocycles. The summed E-state index contributed by atoms with van der Waals surface area (Å²) in [6.45, 7) is 4.08. The van der Waals surface area contributed by atoms with E-state index in [0.717, 1.165) is 5.76 Å². The summed E-state index contributed by atoms with van der Waals surface area (Å²) >= 11 is 0. The first-order valence-electron chi connectivity index (χ1n) is 2.62. The molecule has 0 unspecified atom stereocenters. The van der Waals surface area contributed by atoms with E-state index in [2.05, 4.69) is 11.2 Å². The van der Waals surface area contributed by atoms with Gasteiger partial charge >= 0.3 is 58.2 Å². The second-order valence-corrected chi connectivity index (χ2v) is 1.98. The van der Waals surface area contributed by atoms with Crippen molar-refractivity contribution in [2.75, 3.05) is 0 Å². The van der Waals surface area contributed by atoms with Gasteiger partial charge in [0.1, 0.15) is 0 Å². The molecule has 0 aliphatic rings. The molecule has 0 N–H and O–H groups in total. The summed E-state index contributed by atoms with van der Waals surface area (Å²) in [5.74, 6) is 1.22. The van der Waals surface area contributed by atoms with E-state index in [1.165, 1.54) is 6.39 Å². The van der Waals surface area contributed by atoms with Gasteiger partial charge in [0.15, 0.2) is 0 Å². The number of aromatic nitrogens is 1. The topological polar surface area (TPSA) is 26.0 Å². The molecular weight excluding hydrogens is 188 g/mol. The van der Waals surface area contributed by atoms with Gasteiger partial charge in [0, 0.05) is 12.2 Å². The fourth-order valence-corrected chi connectivity index (χ4v) is 0.465. The smallest absolute Gasteiger partial charge is 0.553 e. The van der Waals surface area contributed by atoms with Gasteiger partial charge in [0.05, 0.1) is 0 Å². The van der Waals surface area contributed by atoms with E-state index in [4.69, 9.17) is 4.42 Å². The van der Waals surface area contributed by atoms with Crippen molar-refractivity contribution in [1.82, 2.24) is 4.98 Å². The minimum atomic E-state index is 0. The van der Waals surface area contributed by atoms with Crippen molar-refractivity contribution < 1.29 is 62.6 Å². The van der Waals surface area contributed by atoms with E-state index >= 15 is 0 Å². The van der Waals surface area contributed by atoms with Gasteiger partial charge in [-0.2, -0.15) is 0 Å².